The summed E-state index contributed by atoms with van der Waals surface area (Å²) in [5.74, 6) is 0.468. The number of nitrogens with zero attached hydrogens (tertiary/aromatic N) is 2. The summed E-state index contributed by atoms with van der Waals surface area (Å²) >= 11 is 0. The molecule has 3 nitrogen and oxygen atoms in total. The summed E-state index contributed by atoms with van der Waals surface area (Å²) in [5.41, 5.74) is 0.593. The zero-order valence-electron chi connectivity index (χ0n) is 8.68. The van der Waals surface area contributed by atoms with E-state index in [2.05, 4.69) is 19.0 Å². The van der Waals surface area contributed by atoms with Crippen LogP contribution in [0.5, 0.6) is 0 Å². The molecule has 0 amide bonds. The van der Waals surface area contributed by atoms with Gasteiger partial charge >= 0.3 is 0 Å². The van der Waals surface area contributed by atoms with E-state index < -0.39 is 0 Å². The van der Waals surface area contributed by atoms with Crippen molar-refractivity contribution in [3.05, 3.63) is 35.5 Å². The standard InChI is InChI=1S/C11H16N2O/c1-3-10(2)9-12-13(14)11-7-5-4-6-8-11/h4-8,10H,3,9H2,1-2H3/b13-12-. The Kier molecular flexibility index (Phi) is 4.11. The third-order valence-corrected chi connectivity index (χ3v) is 2.20. The first-order chi connectivity index (χ1) is 6.74. The van der Waals surface area contributed by atoms with Gasteiger partial charge in [0.1, 0.15) is 6.54 Å². The number of hydrogen-bond donors (Lipinski definition) is 0. The minimum absolute atomic E-state index is 0.468. The lowest BCUT2D eigenvalue weighted by Gasteiger charge is -2.03. The van der Waals surface area contributed by atoms with E-state index in [1.807, 2.05) is 18.2 Å². The average Bonchev–Trinajstić information content (AvgIpc) is 2.26. The van der Waals surface area contributed by atoms with Gasteiger partial charge in [-0.15, -0.1) is 0 Å². The van der Waals surface area contributed by atoms with Crippen molar-refractivity contribution in [3.63, 3.8) is 0 Å². The molecule has 0 heterocycles. The maximum atomic E-state index is 11.4. The van der Waals surface area contributed by atoms with Gasteiger partial charge in [-0.2, -0.15) is 0 Å². The fourth-order valence-corrected chi connectivity index (χ4v) is 0.980. The summed E-state index contributed by atoms with van der Waals surface area (Å²) in [4.78, 5) is 0.701. The van der Waals surface area contributed by atoms with Crippen LogP contribution in [0.1, 0.15) is 20.3 Å². The number of azo groups is 1. The maximum Gasteiger partial charge on any atom is 0.244 e. The summed E-state index contributed by atoms with van der Waals surface area (Å²) in [6, 6.07) is 9.06. The molecular weight excluding hydrogens is 176 g/mol. The summed E-state index contributed by atoms with van der Waals surface area (Å²) < 4.78 is 0. The third kappa shape index (κ3) is 3.17. The molecule has 0 aliphatic heterocycles. The first-order valence-corrected chi connectivity index (χ1v) is 4.93. The van der Waals surface area contributed by atoms with Crippen LogP contribution in [0, 0.1) is 11.1 Å². The molecule has 0 N–H and O–H groups in total. The molecule has 0 bridgehead atoms. The molecule has 76 valence electrons. The molecule has 3 heteroatoms. The van der Waals surface area contributed by atoms with E-state index in [1.54, 1.807) is 12.1 Å². The van der Waals surface area contributed by atoms with Gasteiger partial charge in [-0.1, -0.05) is 43.3 Å². The van der Waals surface area contributed by atoms with E-state index in [4.69, 9.17) is 0 Å². The first kappa shape index (κ1) is 10.7. The third-order valence-electron chi connectivity index (χ3n) is 2.20. The van der Waals surface area contributed by atoms with Gasteiger partial charge in [0, 0.05) is 12.1 Å². The number of para-hydroxylation sites is 1. The lowest BCUT2D eigenvalue weighted by atomic mass is 10.1. The number of rotatable bonds is 4. The quantitative estimate of drug-likeness (QED) is 0.409. The zero-order valence-corrected chi connectivity index (χ0v) is 8.68. The fraction of sp³-hybridized carbons (Fsp3) is 0.455. The van der Waals surface area contributed by atoms with Crippen molar-refractivity contribution in [1.82, 2.24) is 0 Å². The normalized spacial score (nSPS) is 14.0. The highest BCUT2D eigenvalue weighted by atomic mass is 16.5. The highest BCUT2D eigenvalue weighted by Crippen LogP contribution is 2.10. The predicted molar refractivity (Wildman–Crippen MR) is 56.5 cm³/mol. The molecule has 0 saturated carbocycles. The second-order valence-corrected chi connectivity index (χ2v) is 3.45. The van der Waals surface area contributed by atoms with Crippen molar-refractivity contribution < 1.29 is 4.86 Å². The second kappa shape index (κ2) is 5.37. The summed E-state index contributed by atoms with van der Waals surface area (Å²) in [6.07, 6.45) is 1.05. The molecule has 0 aliphatic carbocycles. The smallest absolute Gasteiger partial charge is 0.244 e. The van der Waals surface area contributed by atoms with Crippen LogP contribution in [0.4, 0.5) is 5.69 Å². The van der Waals surface area contributed by atoms with Crippen molar-refractivity contribution >= 4 is 5.69 Å². The van der Waals surface area contributed by atoms with Gasteiger partial charge in [0.05, 0.1) is 0 Å². The van der Waals surface area contributed by atoms with E-state index in [9.17, 15) is 5.21 Å². The van der Waals surface area contributed by atoms with Crippen molar-refractivity contribution in [2.45, 2.75) is 20.3 Å². The van der Waals surface area contributed by atoms with E-state index in [0.717, 1.165) is 6.42 Å². The van der Waals surface area contributed by atoms with E-state index in [1.165, 1.54) is 0 Å². The van der Waals surface area contributed by atoms with Crippen molar-refractivity contribution in [2.75, 3.05) is 6.54 Å². The largest absolute Gasteiger partial charge is 0.594 e. The molecule has 0 aromatic heterocycles. The Hall–Kier alpha value is -1.38. The van der Waals surface area contributed by atoms with Crippen LogP contribution < -0.4 is 0 Å². The highest BCUT2D eigenvalue weighted by Gasteiger charge is 2.03. The summed E-state index contributed by atoms with van der Waals surface area (Å²) in [5, 5.41) is 15.4. The highest BCUT2D eigenvalue weighted by molar-refractivity contribution is 5.27. The summed E-state index contributed by atoms with van der Waals surface area (Å²) in [6.45, 7) is 4.77. The Bertz CT molecular complexity index is 295. The average molecular weight is 192 g/mol. The minimum Gasteiger partial charge on any atom is -0.594 e. The molecule has 0 aliphatic rings. The second-order valence-electron chi connectivity index (χ2n) is 3.45. The zero-order chi connectivity index (χ0) is 10.4. The monoisotopic (exact) mass is 192 g/mol. The van der Waals surface area contributed by atoms with Gasteiger partial charge in [-0.3, -0.25) is 0 Å². The van der Waals surface area contributed by atoms with Gasteiger partial charge in [0.2, 0.25) is 5.69 Å². The van der Waals surface area contributed by atoms with Crippen LogP contribution in [0.15, 0.2) is 35.4 Å². The Balaban J connectivity index is 2.61. The maximum absolute atomic E-state index is 11.4. The van der Waals surface area contributed by atoms with Crippen LogP contribution in [-0.4, -0.2) is 11.4 Å². The molecule has 0 saturated heterocycles. The Morgan fingerprint density at radius 1 is 1.36 bits per heavy atom. The topological polar surface area (TPSA) is 38.4 Å². The van der Waals surface area contributed by atoms with E-state index >= 15 is 0 Å². The summed E-state index contributed by atoms with van der Waals surface area (Å²) in [7, 11) is 0. The number of benzene rings is 1. The van der Waals surface area contributed by atoms with E-state index in [-0.39, 0.29) is 0 Å². The van der Waals surface area contributed by atoms with Gasteiger partial charge in [0.25, 0.3) is 0 Å². The molecule has 1 unspecified atom stereocenters. The van der Waals surface area contributed by atoms with Gasteiger partial charge in [0.15, 0.2) is 0 Å². The SMILES string of the molecule is CCC(C)C/N=[N+](\[O-])c1ccccc1. The van der Waals surface area contributed by atoms with Crippen LogP contribution in [0.25, 0.3) is 0 Å². The van der Waals surface area contributed by atoms with Crippen molar-refractivity contribution in [2.24, 2.45) is 11.0 Å². The van der Waals surface area contributed by atoms with Crippen molar-refractivity contribution in [3.8, 4) is 0 Å². The molecule has 0 spiro atoms. The fourth-order valence-electron chi connectivity index (χ4n) is 0.980. The van der Waals surface area contributed by atoms with E-state index in [0.29, 0.717) is 23.0 Å². The van der Waals surface area contributed by atoms with Gasteiger partial charge in [-0.05, 0) is 11.0 Å². The van der Waals surface area contributed by atoms with Gasteiger partial charge in [-0.25, -0.2) is 0 Å². The molecule has 0 fully saturated rings. The lowest BCUT2D eigenvalue weighted by molar-refractivity contribution is -0.443. The molecule has 1 atom stereocenters. The van der Waals surface area contributed by atoms with Crippen LogP contribution in [-0.2, 0) is 0 Å². The Labute approximate surface area is 84.7 Å². The van der Waals surface area contributed by atoms with Crippen molar-refractivity contribution in [1.29, 1.82) is 0 Å². The van der Waals surface area contributed by atoms with Crippen LogP contribution in [0.2, 0.25) is 0 Å². The molecule has 1 aromatic rings. The van der Waals surface area contributed by atoms with Crippen LogP contribution in [0.3, 0.4) is 0 Å². The van der Waals surface area contributed by atoms with Crippen LogP contribution >= 0.6 is 0 Å². The Morgan fingerprint density at radius 3 is 2.57 bits per heavy atom. The molecule has 14 heavy (non-hydrogen) atoms. The number of hydrogen-bond acceptors (Lipinski definition) is 2. The Morgan fingerprint density at radius 2 is 2.00 bits per heavy atom. The van der Waals surface area contributed by atoms with Gasteiger partial charge < -0.3 is 5.21 Å². The lowest BCUT2D eigenvalue weighted by Crippen LogP contribution is -2.00. The molecule has 0 radical (unpaired) electrons. The molecule has 1 rings (SSSR count). The molecular formula is C11H16N2O. The minimum atomic E-state index is 0.468. The predicted octanol–water partition coefficient (Wildman–Crippen LogP) is 3.33. The first-order valence-electron chi connectivity index (χ1n) is 4.93. The molecule has 1 aromatic carbocycles.